The number of furan rings is 1. The Morgan fingerprint density at radius 2 is 1.89 bits per heavy atom. The van der Waals surface area contributed by atoms with Crippen molar-refractivity contribution in [1.29, 1.82) is 0 Å². The topological polar surface area (TPSA) is 83.2 Å². The molecule has 1 saturated heterocycles. The van der Waals surface area contributed by atoms with Crippen LogP contribution in [0, 0.1) is 0 Å². The molecule has 1 N–H and O–H groups in total. The predicted octanol–water partition coefficient (Wildman–Crippen LogP) is 4.85. The molecule has 7 heteroatoms. The molecule has 0 saturated carbocycles. The predicted molar refractivity (Wildman–Crippen MR) is 132 cm³/mol. The lowest BCUT2D eigenvalue weighted by Crippen LogP contribution is -2.29. The van der Waals surface area contributed by atoms with Gasteiger partial charge in [-0.25, -0.2) is 0 Å². The van der Waals surface area contributed by atoms with Crippen LogP contribution in [0.15, 0.2) is 70.9 Å². The lowest BCUT2D eigenvalue weighted by molar-refractivity contribution is -0.140. The van der Waals surface area contributed by atoms with Crippen LogP contribution in [0.4, 0.5) is 5.69 Å². The number of carbonyl (C=O) groups excluding carboxylic acids is 2. The summed E-state index contributed by atoms with van der Waals surface area (Å²) in [7, 11) is 1.95. The van der Waals surface area contributed by atoms with Crippen molar-refractivity contribution in [3.63, 3.8) is 0 Å². The first-order valence-electron chi connectivity index (χ1n) is 11.7. The number of anilines is 1. The molecule has 5 rings (SSSR count). The Balaban J connectivity index is 1.63. The van der Waals surface area contributed by atoms with Crippen molar-refractivity contribution in [1.82, 2.24) is 4.90 Å². The summed E-state index contributed by atoms with van der Waals surface area (Å²) in [5.41, 5.74) is 3.25. The molecule has 1 atom stereocenters. The molecule has 1 unspecified atom stereocenters. The first-order valence-corrected chi connectivity index (χ1v) is 11.7. The molecule has 0 radical (unpaired) electrons. The number of likely N-dealkylation sites (N-methyl/N-ethyl adjacent to an activating group) is 1. The summed E-state index contributed by atoms with van der Waals surface area (Å²) in [4.78, 5) is 30.0. The van der Waals surface area contributed by atoms with Crippen LogP contribution in [0.1, 0.15) is 48.3 Å². The van der Waals surface area contributed by atoms with E-state index in [1.807, 2.05) is 36.2 Å². The van der Waals surface area contributed by atoms with Gasteiger partial charge in [0.15, 0.2) is 0 Å². The van der Waals surface area contributed by atoms with Gasteiger partial charge in [-0.2, -0.15) is 0 Å². The number of fused-ring (bicyclic) bond motifs is 1. The number of carbonyl (C=O) groups is 2. The lowest BCUT2D eigenvalue weighted by atomic mass is 9.93. The quantitative estimate of drug-likeness (QED) is 0.325. The number of benzene rings is 2. The van der Waals surface area contributed by atoms with Crippen LogP contribution in [-0.4, -0.2) is 41.9 Å². The summed E-state index contributed by atoms with van der Waals surface area (Å²) >= 11 is 0. The Kier molecular flexibility index (Phi) is 5.84. The number of hydrogen-bond acceptors (Lipinski definition) is 6. The zero-order valence-corrected chi connectivity index (χ0v) is 20.0. The van der Waals surface area contributed by atoms with Gasteiger partial charge < -0.3 is 24.1 Å². The number of rotatable bonds is 5. The molecule has 2 aliphatic heterocycles. The van der Waals surface area contributed by atoms with Gasteiger partial charge in [0.2, 0.25) is 0 Å². The van der Waals surface area contributed by atoms with E-state index >= 15 is 0 Å². The minimum atomic E-state index is -0.744. The fourth-order valence-corrected chi connectivity index (χ4v) is 4.68. The largest absolute Gasteiger partial charge is 0.507 e. The Labute approximate surface area is 204 Å². The third-order valence-corrected chi connectivity index (χ3v) is 6.69. The van der Waals surface area contributed by atoms with Crippen LogP contribution in [0.25, 0.3) is 5.76 Å². The van der Waals surface area contributed by atoms with Crippen LogP contribution < -0.4 is 9.64 Å². The Morgan fingerprint density at radius 3 is 2.57 bits per heavy atom. The van der Waals surface area contributed by atoms with Crippen molar-refractivity contribution in [3.05, 3.63) is 88.9 Å². The summed E-state index contributed by atoms with van der Waals surface area (Å²) in [6.45, 7) is 5.63. The van der Waals surface area contributed by atoms with E-state index in [9.17, 15) is 14.7 Å². The maximum absolute atomic E-state index is 13.3. The second-order valence-corrected chi connectivity index (χ2v) is 9.28. The van der Waals surface area contributed by atoms with Crippen LogP contribution >= 0.6 is 0 Å². The highest BCUT2D eigenvalue weighted by Gasteiger charge is 2.46. The van der Waals surface area contributed by atoms with E-state index in [2.05, 4.69) is 13.8 Å². The second kappa shape index (κ2) is 8.98. The highest BCUT2D eigenvalue weighted by Crippen LogP contribution is 2.42. The Bertz CT molecular complexity index is 1290. The third-order valence-electron chi connectivity index (χ3n) is 6.69. The second-order valence-electron chi connectivity index (χ2n) is 9.28. The Hall–Kier alpha value is -4.00. The average molecular weight is 473 g/mol. The molecule has 1 aromatic heterocycles. The monoisotopic (exact) mass is 472 g/mol. The van der Waals surface area contributed by atoms with Gasteiger partial charge in [-0.05, 0) is 47.4 Å². The smallest absolute Gasteiger partial charge is 0.296 e. The number of ketones is 1. The van der Waals surface area contributed by atoms with Crippen LogP contribution in [0.5, 0.6) is 5.75 Å². The molecule has 180 valence electrons. The fourth-order valence-electron chi connectivity index (χ4n) is 4.68. The standard InChI is InChI=1S/C28H28N2O5/c1-17(2)18-6-8-19(9-7-18)25-24(27(32)28(33)30(25)16-21-5-4-13-34-21)26(31)20-10-11-23-22(15-20)29(3)12-14-35-23/h4-11,13,15,17,25,31H,12,14,16H2,1-3H3/b26-24-. The number of hydrogen-bond donors (Lipinski definition) is 1. The maximum atomic E-state index is 13.3. The van der Waals surface area contributed by atoms with Gasteiger partial charge in [0, 0.05) is 12.6 Å². The zero-order chi connectivity index (χ0) is 24.7. The van der Waals surface area contributed by atoms with Crippen molar-refractivity contribution in [2.24, 2.45) is 0 Å². The van der Waals surface area contributed by atoms with E-state index in [0.29, 0.717) is 30.4 Å². The van der Waals surface area contributed by atoms with Crippen molar-refractivity contribution < 1.29 is 23.8 Å². The Morgan fingerprint density at radius 1 is 1.11 bits per heavy atom. The SMILES string of the molecule is CC(C)c1ccc(C2/C(=C(/O)c3ccc4c(c3)N(C)CCO4)C(=O)C(=O)N2Cc2ccco2)cc1. The van der Waals surface area contributed by atoms with Crippen LogP contribution in [0.3, 0.4) is 0 Å². The molecular weight excluding hydrogens is 444 g/mol. The molecule has 7 nitrogen and oxygen atoms in total. The highest BCUT2D eigenvalue weighted by molar-refractivity contribution is 6.46. The zero-order valence-electron chi connectivity index (χ0n) is 20.0. The first kappa shape index (κ1) is 22.8. The molecule has 1 amide bonds. The minimum absolute atomic E-state index is 0.0678. The maximum Gasteiger partial charge on any atom is 0.296 e. The van der Waals surface area contributed by atoms with Gasteiger partial charge in [0.1, 0.15) is 23.9 Å². The van der Waals surface area contributed by atoms with Crippen molar-refractivity contribution in [2.45, 2.75) is 32.4 Å². The summed E-state index contributed by atoms with van der Waals surface area (Å²) in [6, 6.07) is 15.9. The summed E-state index contributed by atoms with van der Waals surface area (Å²) in [5.74, 6) is 0.0319. The molecule has 0 bridgehead atoms. The number of aliphatic hydroxyl groups is 1. The molecule has 35 heavy (non-hydrogen) atoms. The fraction of sp³-hybridized carbons (Fsp3) is 0.286. The van der Waals surface area contributed by atoms with E-state index in [4.69, 9.17) is 9.15 Å². The molecule has 2 aliphatic rings. The van der Waals surface area contributed by atoms with Gasteiger partial charge in [0.05, 0.1) is 36.7 Å². The number of aliphatic hydroxyl groups excluding tert-OH is 1. The van der Waals surface area contributed by atoms with E-state index in [-0.39, 0.29) is 17.9 Å². The molecule has 1 fully saturated rings. The molecule has 2 aromatic carbocycles. The highest BCUT2D eigenvalue weighted by atomic mass is 16.5. The van der Waals surface area contributed by atoms with Gasteiger partial charge >= 0.3 is 0 Å². The normalized spacial score (nSPS) is 19.3. The number of likely N-dealkylation sites (tertiary alicyclic amines) is 1. The van der Waals surface area contributed by atoms with Gasteiger partial charge in [-0.15, -0.1) is 0 Å². The number of nitrogens with zero attached hydrogens (tertiary/aromatic N) is 2. The first-order chi connectivity index (χ1) is 16.8. The van der Waals surface area contributed by atoms with E-state index in [1.54, 1.807) is 30.3 Å². The van der Waals surface area contributed by atoms with Gasteiger partial charge in [-0.3, -0.25) is 9.59 Å². The molecular formula is C28H28N2O5. The van der Waals surface area contributed by atoms with Crippen molar-refractivity contribution >= 4 is 23.1 Å². The van der Waals surface area contributed by atoms with Crippen molar-refractivity contribution in [3.8, 4) is 5.75 Å². The van der Waals surface area contributed by atoms with Crippen molar-refractivity contribution in [2.75, 3.05) is 25.1 Å². The summed E-state index contributed by atoms with van der Waals surface area (Å²) < 4.78 is 11.2. The minimum Gasteiger partial charge on any atom is -0.507 e. The molecule has 3 aromatic rings. The average Bonchev–Trinajstić information content (AvgIpc) is 3.46. The number of amides is 1. The van der Waals surface area contributed by atoms with E-state index in [0.717, 1.165) is 22.6 Å². The van der Waals surface area contributed by atoms with Gasteiger partial charge in [0.25, 0.3) is 11.7 Å². The number of ether oxygens (including phenoxy) is 1. The summed E-state index contributed by atoms with van der Waals surface area (Å²) in [5, 5.41) is 11.4. The third kappa shape index (κ3) is 4.07. The van der Waals surface area contributed by atoms with Crippen LogP contribution in [-0.2, 0) is 16.1 Å². The van der Waals surface area contributed by atoms with Gasteiger partial charge in [-0.1, -0.05) is 38.1 Å². The summed E-state index contributed by atoms with van der Waals surface area (Å²) in [6.07, 6.45) is 1.53. The molecule has 0 spiro atoms. The van der Waals surface area contributed by atoms with E-state index < -0.39 is 17.7 Å². The molecule has 3 heterocycles. The van der Waals surface area contributed by atoms with E-state index in [1.165, 1.54) is 11.2 Å². The van der Waals surface area contributed by atoms with Crippen LogP contribution in [0.2, 0.25) is 0 Å². The molecule has 0 aliphatic carbocycles. The lowest BCUT2D eigenvalue weighted by Gasteiger charge is -2.28. The number of Topliss-reactive ketones (excluding diaryl/α,β-unsaturated/α-hetero) is 1.